The summed E-state index contributed by atoms with van der Waals surface area (Å²) in [6.07, 6.45) is 2.46. The molecule has 0 aliphatic rings. The van der Waals surface area contributed by atoms with Gasteiger partial charge in [0.05, 0.1) is 0 Å². The van der Waals surface area contributed by atoms with Crippen molar-refractivity contribution in [2.45, 2.75) is 25.6 Å². The van der Waals surface area contributed by atoms with E-state index in [0.717, 1.165) is 19.3 Å². The first kappa shape index (κ1) is 10.5. The summed E-state index contributed by atoms with van der Waals surface area (Å²) in [5.41, 5.74) is 0. The van der Waals surface area contributed by atoms with Crippen molar-refractivity contribution < 1.29 is 9.47 Å². The zero-order valence-corrected chi connectivity index (χ0v) is 7.22. The maximum atomic E-state index is 4.87. The predicted octanol–water partition coefficient (Wildman–Crippen LogP) is 1.61. The molecule has 0 N–H and O–H groups in total. The van der Waals surface area contributed by atoms with Gasteiger partial charge in [0.25, 0.3) is 0 Å². The van der Waals surface area contributed by atoms with E-state index in [0.29, 0.717) is 0 Å². The van der Waals surface area contributed by atoms with Crippen molar-refractivity contribution >= 4 is 0 Å². The Bertz CT molecular complexity index is 128. The number of hydrogen-bond acceptors (Lipinski definition) is 2. The first-order valence-electron chi connectivity index (χ1n) is 3.68. The van der Waals surface area contributed by atoms with Crippen LogP contribution < -0.4 is 0 Å². The lowest BCUT2D eigenvalue weighted by Gasteiger charge is -2.03. The van der Waals surface area contributed by atoms with Crippen molar-refractivity contribution in [2.75, 3.05) is 14.2 Å². The van der Waals surface area contributed by atoms with E-state index in [1.54, 1.807) is 14.2 Å². The van der Waals surface area contributed by atoms with E-state index in [1.165, 1.54) is 0 Å². The van der Waals surface area contributed by atoms with Crippen LogP contribution in [0, 0.1) is 18.8 Å². The molecule has 0 aliphatic carbocycles. The van der Waals surface area contributed by atoms with Gasteiger partial charge in [0.15, 0.2) is 0 Å². The molecule has 63 valence electrons. The lowest BCUT2D eigenvalue weighted by atomic mass is 10.2. The smallest absolute Gasteiger partial charge is 0.221 e. The Morgan fingerprint density at radius 2 is 2.00 bits per heavy atom. The zero-order valence-electron chi connectivity index (χ0n) is 7.22. The van der Waals surface area contributed by atoms with Gasteiger partial charge in [0, 0.05) is 20.6 Å². The molecule has 0 spiro atoms. The normalized spacial score (nSPS) is 9.45. The van der Waals surface area contributed by atoms with E-state index in [2.05, 4.69) is 18.8 Å². The van der Waals surface area contributed by atoms with Crippen LogP contribution in [0.5, 0.6) is 0 Å². The van der Waals surface area contributed by atoms with Gasteiger partial charge < -0.3 is 9.47 Å². The lowest BCUT2D eigenvalue weighted by Crippen LogP contribution is -2.09. The maximum Gasteiger partial charge on any atom is 0.221 e. The molecule has 0 fully saturated rings. The molecule has 0 saturated heterocycles. The average molecular weight is 155 g/mol. The summed E-state index contributed by atoms with van der Waals surface area (Å²) in [4.78, 5) is 0. The topological polar surface area (TPSA) is 18.5 Å². The second-order valence-electron chi connectivity index (χ2n) is 2.08. The molecular weight excluding hydrogens is 140 g/mol. The molecular formula is C9H15O2. The summed E-state index contributed by atoms with van der Waals surface area (Å²) < 4.78 is 9.74. The minimum atomic E-state index is -0.375. The second kappa shape index (κ2) is 7.59. The van der Waals surface area contributed by atoms with Gasteiger partial charge >= 0.3 is 0 Å². The molecule has 0 aliphatic heterocycles. The Labute approximate surface area is 68.9 Å². The van der Waals surface area contributed by atoms with Crippen LogP contribution in [0.2, 0.25) is 0 Å². The van der Waals surface area contributed by atoms with Crippen molar-refractivity contribution in [3.05, 3.63) is 6.92 Å². The van der Waals surface area contributed by atoms with E-state index in [-0.39, 0.29) is 6.29 Å². The first-order valence-corrected chi connectivity index (χ1v) is 3.68. The zero-order chi connectivity index (χ0) is 8.53. The third kappa shape index (κ3) is 5.90. The Morgan fingerprint density at radius 1 is 1.36 bits per heavy atom. The lowest BCUT2D eigenvalue weighted by molar-refractivity contribution is -0.0595. The molecule has 0 aromatic carbocycles. The van der Waals surface area contributed by atoms with Crippen LogP contribution in [0.4, 0.5) is 0 Å². The fourth-order valence-corrected chi connectivity index (χ4v) is 0.583. The minimum Gasteiger partial charge on any atom is -0.345 e. The molecule has 0 aromatic rings. The molecule has 0 rings (SSSR count). The molecule has 2 nitrogen and oxygen atoms in total. The van der Waals surface area contributed by atoms with Crippen molar-refractivity contribution in [1.82, 2.24) is 0 Å². The molecule has 11 heavy (non-hydrogen) atoms. The summed E-state index contributed by atoms with van der Waals surface area (Å²) in [6, 6.07) is 0. The van der Waals surface area contributed by atoms with Gasteiger partial charge in [-0.15, -0.1) is 0 Å². The number of ether oxygens (including phenoxy) is 2. The predicted molar refractivity (Wildman–Crippen MR) is 44.8 cm³/mol. The molecule has 2 heteroatoms. The number of hydrogen-bond donors (Lipinski definition) is 0. The summed E-state index contributed by atoms with van der Waals surface area (Å²) in [5.74, 6) is 5.78. The van der Waals surface area contributed by atoms with Crippen LogP contribution in [-0.2, 0) is 9.47 Å². The van der Waals surface area contributed by atoms with E-state index in [9.17, 15) is 0 Å². The fraction of sp³-hybridized carbons (Fsp3) is 0.667. The third-order valence-corrected chi connectivity index (χ3v) is 1.20. The standard InChI is InChI=1S/C9H15O2/c1-4-5-6-7-8-9(10-2)11-3/h9H,1,4-6H2,2-3H3. The fourth-order valence-electron chi connectivity index (χ4n) is 0.583. The Hall–Kier alpha value is -0.520. The molecule has 1 radical (unpaired) electrons. The van der Waals surface area contributed by atoms with Gasteiger partial charge in [-0.05, 0) is 12.3 Å². The highest BCUT2D eigenvalue weighted by Gasteiger charge is 1.95. The summed E-state index contributed by atoms with van der Waals surface area (Å²) in [6.45, 7) is 3.71. The molecule has 0 unspecified atom stereocenters. The van der Waals surface area contributed by atoms with Crippen LogP contribution >= 0.6 is 0 Å². The molecule has 0 aromatic heterocycles. The monoisotopic (exact) mass is 155 g/mol. The minimum absolute atomic E-state index is 0.375. The Kier molecular flexibility index (Phi) is 7.23. The largest absolute Gasteiger partial charge is 0.345 e. The average Bonchev–Trinajstić information content (AvgIpc) is 2.05. The summed E-state index contributed by atoms with van der Waals surface area (Å²) >= 11 is 0. The van der Waals surface area contributed by atoms with E-state index < -0.39 is 0 Å². The maximum absolute atomic E-state index is 4.87. The van der Waals surface area contributed by atoms with Crippen LogP contribution in [0.3, 0.4) is 0 Å². The highest BCUT2D eigenvalue weighted by molar-refractivity contribution is 5.01. The third-order valence-electron chi connectivity index (χ3n) is 1.20. The number of rotatable bonds is 4. The van der Waals surface area contributed by atoms with Gasteiger partial charge in [0.2, 0.25) is 6.29 Å². The number of unbranched alkanes of at least 4 members (excludes halogenated alkanes) is 2. The van der Waals surface area contributed by atoms with E-state index in [1.807, 2.05) is 0 Å². The number of methoxy groups -OCH3 is 2. The van der Waals surface area contributed by atoms with Crippen LogP contribution in [0.1, 0.15) is 19.3 Å². The van der Waals surface area contributed by atoms with Gasteiger partial charge in [0.1, 0.15) is 0 Å². The van der Waals surface area contributed by atoms with Crippen molar-refractivity contribution in [1.29, 1.82) is 0 Å². The summed E-state index contributed by atoms with van der Waals surface area (Å²) in [5, 5.41) is 0. The van der Waals surface area contributed by atoms with Gasteiger partial charge in [-0.25, -0.2) is 0 Å². The highest BCUT2D eigenvalue weighted by Crippen LogP contribution is 1.92. The van der Waals surface area contributed by atoms with Gasteiger partial charge in [-0.3, -0.25) is 0 Å². The van der Waals surface area contributed by atoms with Crippen molar-refractivity contribution in [2.24, 2.45) is 0 Å². The van der Waals surface area contributed by atoms with Crippen LogP contribution in [0.25, 0.3) is 0 Å². The molecule has 0 bridgehead atoms. The van der Waals surface area contributed by atoms with E-state index in [4.69, 9.17) is 9.47 Å². The summed E-state index contributed by atoms with van der Waals surface area (Å²) in [7, 11) is 3.15. The molecule has 0 atom stereocenters. The van der Waals surface area contributed by atoms with Crippen molar-refractivity contribution in [3.8, 4) is 11.8 Å². The quantitative estimate of drug-likeness (QED) is 0.349. The Morgan fingerprint density at radius 3 is 2.45 bits per heavy atom. The molecule has 0 heterocycles. The van der Waals surface area contributed by atoms with Gasteiger partial charge in [-0.2, -0.15) is 0 Å². The SMILES string of the molecule is [CH2]CCCC#CC(OC)OC. The second-order valence-corrected chi connectivity index (χ2v) is 2.08. The molecule has 0 amide bonds. The Balaban J connectivity index is 3.47. The van der Waals surface area contributed by atoms with Gasteiger partial charge in [-0.1, -0.05) is 19.3 Å². The first-order chi connectivity index (χ1) is 5.35. The van der Waals surface area contributed by atoms with Crippen LogP contribution in [-0.4, -0.2) is 20.5 Å². The highest BCUT2D eigenvalue weighted by atomic mass is 16.7. The molecule has 0 saturated carbocycles. The van der Waals surface area contributed by atoms with E-state index >= 15 is 0 Å². The van der Waals surface area contributed by atoms with Crippen LogP contribution in [0.15, 0.2) is 0 Å². The van der Waals surface area contributed by atoms with Crippen molar-refractivity contribution in [3.63, 3.8) is 0 Å².